The lowest BCUT2D eigenvalue weighted by Crippen LogP contribution is -1.90. The highest BCUT2D eigenvalue weighted by atomic mass is 14.7. The molecule has 0 spiro atoms. The first-order chi connectivity index (χ1) is 12.8. The first-order valence-electron chi connectivity index (χ1n) is 10.9. The Morgan fingerprint density at radius 1 is 0.577 bits per heavy atom. The van der Waals surface area contributed by atoms with Crippen molar-refractivity contribution in [3.05, 3.63) is 53.7 Å². The number of rotatable bonds is 13. The van der Waals surface area contributed by atoms with Gasteiger partial charge in [0.2, 0.25) is 0 Å². The topological polar surface area (TPSA) is 12.9 Å². The average molecular weight is 352 g/mol. The van der Waals surface area contributed by atoms with E-state index in [1.807, 2.05) is 0 Å². The van der Waals surface area contributed by atoms with Crippen LogP contribution in [0.4, 0.5) is 0 Å². The SMILES string of the molecule is CCCCCCCCc1ccc(-c2ccc(CCCCCC)cn2)cc1. The van der Waals surface area contributed by atoms with Gasteiger partial charge in [0.15, 0.2) is 0 Å². The van der Waals surface area contributed by atoms with Crippen LogP contribution in [0.15, 0.2) is 42.6 Å². The highest BCUT2D eigenvalue weighted by Crippen LogP contribution is 2.19. The first kappa shape index (κ1) is 20.7. The lowest BCUT2D eigenvalue weighted by atomic mass is 10.0. The number of benzene rings is 1. The van der Waals surface area contributed by atoms with Crippen LogP contribution in [0.1, 0.15) is 89.2 Å². The number of hydrogen-bond donors (Lipinski definition) is 0. The van der Waals surface area contributed by atoms with Crippen LogP contribution in [-0.2, 0) is 12.8 Å². The van der Waals surface area contributed by atoms with Crippen LogP contribution in [0.5, 0.6) is 0 Å². The quantitative estimate of drug-likeness (QED) is 0.336. The Bertz CT molecular complexity index is 583. The Morgan fingerprint density at radius 3 is 1.73 bits per heavy atom. The molecule has 0 atom stereocenters. The van der Waals surface area contributed by atoms with Crippen molar-refractivity contribution in [2.24, 2.45) is 0 Å². The molecule has 0 aliphatic carbocycles. The molecule has 0 fully saturated rings. The minimum atomic E-state index is 1.09. The Hall–Kier alpha value is -1.63. The van der Waals surface area contributed by atoms with Crippen molar-refractivity contribution in [1.29, 1.82) is 0 Å². The Labute approximate surface area is 161 Å². The van der Waals surface area contributed by atoms with E-state index in [9.17, 15) is 0 Å². The molecule has 26 heavy (non-hydrogen) atoms. The van der Waals surface area contributed by atoms with Gasteiger partial charge >= 0.3 is 0 Å². The molecule has 2 aromatic rings. The second-order valence-corrected chi connectivity index (χ2v) is 7.58. The first-order valence-corrected chi connectivity index (χ1v) is 10.9. The zero-order valence-corrected chi connectivity index (χ0v) is 17.0. The van der Waals surface area contributed by atoms with E-state index in [1.165, 1.54) is 87.3 Å². The minimum Gasteiger partial charge on any atom is -0.256 e. The summed E-state index contributed by atoms with van der Waals surface area (Å²) >= 11 is 0. The molecule has 0 saturated heterocycles. The normalized spacial score (nSPS) is 11.0. The van der Waals surface area contributed by atoms with Gasteiger partial charge in [0.1, 0.15) is 0 Å². The van der Waals surface area contributed by atoms with Crippen molar-refractivity contribution >= 4 is 0 Å². The fraction of sp³-hybridized carbons (Fsp3) is 0.560. The van der Waals surface area contributed by atoms with Gasteiger partial charge < -0.3 is 0 Å². The lowest BCUT2D eigenvalue weighted by Gasteiger charge is -2.06. The van der Waals surface area contributed by atoms with Gasteiger partial charge in [-0.05, 0) is 42.9 Å². The van der Waals surface area contributed by atoms with Crippen LogP contribution in [0.3, 0.4) is 0 Å². The van der Waals surface area contributed by atoms with Crippen molar-refractivity contribution in [1.82, 2.24) is 4.98 Å². The highest BCUT2D eigenvalue weighted by Gasteiger charge is 2.01. The number of hydrogen-bond acceptors (Lipinski definition) is 1. The number of aromatic nitrogens is 1. The Balaban J connectivity index is 1.76. The summed E-state index contributed by atoms with van der Waals surface area (Å²) in [5.41, 5.74) is 5.14. The third kappa shape index (κ3) is 7.72. The highest BCUT2D eigenvalue weighted by molar-refractivity contribution is 5.59. The monoisotopic (exact) mass is 351 g/mol. The van der Waals surface area contributed by atoms with Gasteiger partial charge in [0.05, 0.1) is 5.69 Å². The predicted octanol–water partition coefficient (Wildman–Crippen LogP) is 7.77. The van der Waals surface area contributed by atoms with E-state index in [1.54, 1.807) is 0 Å². The third-order valence-electron chi connectivity index (χ3n) is 5.21. The molecule has 0 N–H and O–H groups in total. The molecule has 1 heterocycles. The maximum Gasteiger partial charge on any atom is 0.0702 e. The zero-order valence-electron chi connectivity index (χ0n) is 17.0. The van der Waals surface area contributed by atoms with Gasteiger partial charge in [-0.25, -0.2) is 0 Å². The van der Waals surface area contributed by atoms with Crippen molar-refractivity contribution in [3.63, 3.8) is 0 Å². The van der Waals surface area contributed by atoms with Crippen LogP contribution >= 0.6 is 0 Å². The van der Waals surface area contributed by atoms with Crippen LogP contribution in [0.2, 0.25) is 0 Å². The molecular weight excluding hydrogens is 314 g/mol. The van der Waals surface area contributed by atoms with E-state index in [-0.39, 0.29) is 0 Å². The van der Waals surface area contributed by atoms with Crippen LogP contribution in [0, 0.1) is 0 Å². The second kappa shape index (κ2) is 12.7. The average Bonchev–Trinajstić information content (AvgIpc) is 2.69. The van der Waals surface area contributed by atoms with Gasteiger partial charge in [0.25, 0.3) is 0 Å². The zero-order chi connectivity index (χ0) is 18.5. The molecule has 0 aliphatic rings. The van der Waals surface area contributed by atoms with Gasteiger partial charge in [0, 0.05) is 11.8 Å². The number of unbranched alkanes of at least 4 members (excludes halogenated alkanes) is 8. The fourth-order valence-electron chi connectivity index (χ4n) is 3.45. The summed E-state index contributed by atoms with van der Waals surface area (Å²) < 4.78 is 0. The van der Waals surface area contributed by atoms with Crippen molar-refractivity contribution in [2.45, 2.75) is 90.9 Å². The van der Waals surface area contributed by atoms with Crippen molar-refractivity contribution in [2.75, 3.05) is 0 Å². The van der Waals surface area contributed by atoms with E-state index < -0.39 is 0 Å². The standard InChI is InChI=1S/C25H37N/c1-3-5-7-9-10-12-13-22-15-18-24(19-16-22)25-20-17-23(21-26-25)14-11-8-6-4-2/h15-21H,3-14H2,1-2H3. The molecule has 0 unspecified atom stereocenters. The summed E-state index contributed by atoms with van der Waals surface area (Å²) in [4.78, 5) is 4.68. The summed E-state index contributed by atoms with van der Waals surface area (Å²) in [6.45, 7) is 4.53. The molecule has 1 nitrogen and oxygen atoms in total. The van der Waals surface area contributed by atoms with Gasteiger partial charge in [-0.2, -0.15) is 0 Å². The fourth-order valence-corrected chi connectivity index (χ4v) is 3.45. The molecule has 1 aromatic carbocycles. The van der Waals surface area contributed by atoms with E-state index in [0.717, 1.165) is 12.1 Å². The Morgan fingerprint density at radius 2 is 1.12 bits per heavy atom. The van der Waals surface area contributed by atoms with Gasteiger partial charge in [-0.3, -0.25) is 4.98 Å². The summed E-state index contributed by atoms with van der Waals surface area (Å²) in [7, 11) is 0. The molecule has 1 heteroatoms. The maximum atomic E-state index is 4.68. The predicted molar refractivity (Wildman–Crippen MR) is 115 cm³/mol. The largest absolute Gasteiger partial charge is 0.256 e. The molecule has 0 aliphatic heterocycles. The number of pyridine rings is 1. The Kier molecular flexibility index (Phi) is 10.1. The molecule has 0 amide bonds. The molecule has 0 radical (unpaired) electrons. The number of nitrogens with zero attached hydrogens (tertiary/aromatic N) is 1. The van der Waals surface area contributed by atoms with Gasteiger partial charge in [-0.15, -0.1) is 0 Å². The smallest absolute Gasteiger partial charge is 0.0702 e. The third-order valence-corrected chi connectivity index (χ3v) is 5.21. The van der Waals surface area contributed by atoms with E-state index in [0.29, 0.717) is 0 Å². The van der Waals surface area contributed by atoms with Crippen LogP contribution < -0.4 is 0 Å². The molecule has 1 aromatic heterocycles. The van der Waals surface area contributed by atoms with Crippen molar-refractivity contribution in [3.8, 4) is 11.3 Å². The summed E-state index contributed by atoms with van der Waals surface area (Å²) in [6.07, 6.45) is 17.9. The molecule has 0 saturated carbocycles. The molecule has 0 bridgehead atoms. The summed E-state index contributed by atoms with van der Waals surface area (Å²) in [5.74, 6) is 0. The molecule has 2 rings (SSSR count). The van der Waals surface area contributed by atoms with E-state index in [2.05, 4.69) is 61.4 Å². The lowest BCUT2D eigenvalue weighted by molar-refractivity contribution is 0.607. The van der Waals surface area contributed by atoms with Crippen LogP contribution in [-0.4, -0.2) is 4.98 Å². The number of aryl methyl sites for hydroxylation is 2. The maximum absolute atomic E-state index is 4.68. The molecular formula is C25H37N. The molecule has 142 valence electrons. The second-order valence-electron chi connectivity index (χ2n) is 7.58. The summed E-state index contributed by atoms with van der Waals surface area (Å²) in [5, 5.41) is 0. The van der Waals surface area contributed by atoms with E-state index in [4.69, 9.17) is 0 Å². The minimum absolute atomic E-state index is 1.09. The summed E-state index contributed by atoms with van der Waals surface area (Å²) in [6, 6.07) is 13.4. The van der Waals surface area contributed by atoms with Crippen molar-refractivity contribution < 1.29 is 0 Å². The van der Waals surface area contributed by atoms with Gasteiger partial charge in [-0.1, -0.05) is 95.5 Å². The van der Waals surface area contributed by atoms with E-state index >= 15 is 0 Å². The van der Waals surface area contributed by atoms with Crippen LogP contribution in [0.25, 0.3) is 11.3 Å².